The first-order valence-electron chi connectivity index (χ1n) is 11.8. The Hall–Kier alpha value is -2.75. The van der Waals surface area contributed by atoms with Crippen LogP contribution in [-0.2, 0) is 6.54 Å². The molecule has 1 aromatic carbocycles. The van der Waals surface area contributed by atoms with E-state index in [9.17, 15) is 4.79 Å². The number of nitrogens with one attached hydrogen (secondary N) is 2. The van der Waals surface area contributed by atoms with Gasteiger partial charge in [-0.15, -0.1) is 11.3 Å². The number of thiophene rings is 1. The molecule has 0 saturated heterocycles. The van der Waals surface area contributed by atoms with Crippen LogP contribution in [0.2, 0.25) is 0 Å². The first-order chi connectivity index (χ1) is 16.6. The summed E-state index contributed by atoms with van der Waals surface area (Å²) in [6.45, 7) is 5.69. The molecule has 1 amide bonds. The number of anilines is 2. The molecule has 1 aliphatic rings. The number of likely N-dealkylation sites (N-methyl/N-ethyl adjacent to an activating group) is 1. The lowest BCUT2D eigenvalue weighted by Gasteiger charge is -2.22. The third-order valence-electron chi connectivity index (χ3n) is 5.97. The second kappa shape index (κ2) is 12.8. The van der Waals surface area contributed by atoms with Gasteiger partial charge in [0.15, 0.2) is 0 Å². The summed E-state index contributed by atoms with van der Waals surface area (Å²) in [6, 6.07) is 14.2. The summed E-state index contributed by atoms with van der Waals surface area (Å²) in [5.74, 6) is 1.64. The smallest absolute Gasteiger partial charge is 0.257 e. The standard InChI is InChI=1S/C26H33N5O2S.H2S/c1-4-28-25-16-22-21(17-29-25)26(32)31(14-13-30(22)3)18-19-7-9-20(10-8-19)33-23(11-12-27-2)24-6-5-15-34-24;/h5-10,15-17,23,27H,4,11-14,18H2,1-3H3,(H,28,29);1H2/t23-;/m0./s1. The molecule has 188 valence electrons. The number of fused-ring (bicyclic) bond motifs is 1. The number of carbonyl (C=O) groups is 1. The molecule has 35 heavy (non-hydrogen) atoms. The number of hydrogen-bond donors (Lipinski definition) is 2. The Morgan fingerprint density at radius 1 is 1.20 bits per heavy atom. The van der Waals surface area contributed by atoms with Crippen molar-refractivity contribution in [1.29, 1.82) is 0 Å². The van der Waals surface area contributed by atoms with E-state index in [-0.39, 0.29) is 25.5 Å². The normalized spacial score (nSPS) is 14.1. The van der Waals surface area contributed by atoms with Crippen LogP contribution in [0.4, 0.5) is 11.5 Å². The molecular formula is C26H35N5O2S2. The molecule has 1 atom stereocenters. The summed E-state index contributed by atoms with van der Waals surface area (Å²) in [5, 5.41) is 8.51. The van der Waals surface area contributed by atoms with Crippen LogP contribution in [0, 0.1) is 0 Å². The molecule has 2 N–H and O–H groups in total. The summed E-state index contributed by atoms with van der Waals surface area (Å²) in [5.41, 5.74) is 2.64. The van der Waals surface area contributed by atoms with Gasteiger partial charge in [-0.1, -0.05) is 18.2 Å². The van der Waals surface area contributed by atoms with E-state index in [0.717, 1.165) is 48.9 Å². The Morgan fingerprint density at radius 2 is 2.00 bits per heavy atom. The van der Waals surface area contributed by atoms with E-state index in [1.165, 1.54) is 4.88 Å². The molecule has 0 radical (unpaired) electrons. The van der Waals surface area contributed by atoms with Gasteiger partial charge < -0.3 is 25.2 Å². The van der Waals surface area contributed by atoms with Crippen molar-refractivity contribution in [3.63, 3.8) is 0 Å². The molecular weight excluding hydrogens is 478 g/mol. The van der Waals surface area contributed by atoms with Crippen molar-refractivity contribution in [2.24, 2.45) is 0 Å². The van der Waals surface area contributed by atoms with E-state index < -0.39 is 0 Å². The zero-order valence-corrected chi connectivity index (χ0v) is 22.4. The molecule has 1 aliphatic heterocycles. The molecule has 9 heteroatoms. The Kier molecular flexibility index (Phi) is 9.83. The maximum atomic E-state index is 13.3. The van der Waals surface area contributed by atoms with Crippen LogP contribution in [0.15, 0.2) is 54.0 Å². The van der Waals surface area contributed by atoms with Crippen molar-refractivity contribution in [2.45, 2.75) is 26.0 Å². The fourth-order valence-corrected chi connectivity index (χ4v) is 4.87. The SMILES string of the molecule is CCNc1cc2c(cn1)C(=O)N(Cc1ccc(O[C@@H](CCNC)c3cccs3)cc1)CCN2C.S. The number of amides is 1. The average molecular weight is 514 g/mol. The first-order valence-corrected chi connectivity index (χ1v) is 12.6. The number of rotatable bonds is 10. The maximum Gasteiger partial charge on any atom is 0.257 e. The predicted octanol–water partition coefficient (Wildman–Crippen LogP) is 4.51. The quantitative estimate of drug-likeness (QED) is 0.416. The molecule has 0 unspecified atom stereocenters. The van der Waals surface area contributed by atoms with E-state index in [4.69, 9.17) is 4.74 Å². The summed E-state index contributed by atoms with van der Waals surface area (Å²) in [6.07, 6.45) is 2.62. The second-order valence-electron chi connectivity index (χ2n) is 8.42. The molecule has 3 heterocycles. The van der Waals surface area contributed by atoms with E-state index in [1.807, 2.05) is 56.3 Å². The van der Waals surface area contributed by atoms with Crippen molar-refractivity contribution < 1.29 is 9.53 Å². The van der Waals surface area contributed by atoms with Crippen LogP contribution >= 0.6 is 24.8 Å². The van der Waals surface area contributed by atoms with Gasteiger partial charge in [0.2, 0.25) is 0 Å². The van der Waals surface area contributed by atoms with Crippen LogP contribution in [-0.4, -0.2) is 56.1 Å². The largest absolute Gasteiger partial charge is 0.485 e. The highest BCUT2D eigenvalue weighted by molar-refractivity contribution is 7.59. The minimum absolute atomic E-state index is 0. The van der Waals surface area contributed by atoms with Crippen LogP contribution < -0.4 is 20.3 Å². The van der Waals surface area contributed by atoms with Gasteiger partial charge >= 0.3 is 0 Å². The zero-order valence-electron chi connectivity index (χ0n) is 20.6. The summed E-state index contributed by atoms with van der Waals surface area (Å²) >= 11 is 1.72. The van der Waals surface area contributed by atoms with Gasteiger partial charge in [-0.3, -0.25) is 4.79 Å². The number of benzene rings is 1. The van der Waals surface area contributed by atoms with Crippen LogP contribution in [0.3, 0.4) is 0 Å². The van der Waals surface area contributed by atoms with E-state index in [0.29, 0.717) is 18.7 Å². The van der Waals surface area contributed by atoms with Crippen molar-refractivity contribution in [3.8, 4) is 5.75 Å². The number of carbonyl (C=O) groups excluding carboxylic acids is 1. The third-order valence-corrected chi connectivity index (χ3v) is 6.93. The van der Waals surface area contributed by atoms with Gasteiger partial charge in [0.1, 0.15) is 17.7 Å². The summed E-state index contributed by atoms with van der Waals surface area (Å²) in [7, 11) is 3.98. The Morgan fingerprint density at radius 3 is 2.69 bits per heavy atom. The lowest BCUT2D eigenvalue weighted by atomic mass is 10.1. The molecule has 3 aromatic rings. The van der Waals surface area contributed by atoms with Crippen molar-refractivity contribution in [2.75, 3.05) is 50.5 Å². The van der Waals surface area contributed by atoms with Gasteiger partial charge in [-0.2, -0.15) is 13.5 Å². The molecule has 0 bridgehead atoms. The maximum absolute atomic E-state index is 13.3. The fraction of sp³-hybridized carbons (Fsp3) is 0.385. The van der Waals surface area contributed by atoms with Crippen LogP contribution in [0.25, 0.3) is 0 Å². The van der Waals surface area contributed by atoms with E-state index in [2.05, 4.69) is 38.0 Å². The Labute approximate surface area is 219 Å². The molecule has 4 rings (SSSR count). The highest BCUT2D eigenvalue weighted by Crippen LogP contribution is 2.29. The Balaban J connectivity index is 0.00000342. The van der Waals surface area contributed by atoms with Crippen molar-refractivity contribution in [3.05, 3.63) is 70.0 Å². The lowest BCUT2D eigenvalue weighted by molar-refractivity contribution is 0.0754. The van der Waals surface area contributed by atoms with E-state index >= 15 is 0 Å². The van der Waals surface area contributed by atoms with Gasteiger partial charge in [-0.25, -0.2) is 4.98 Å². The van der Waals surface area contributed by atoms with Gasteiger partial charge in [-0.05, 0) is 49.7 Å². The average Bonchev–Trinajstić information content (AvgIpc) is 3.36. The zero-order chi connectivity index (χ0) is 23.9. The van der Waals surface area contributed by atoms with E-state index in [1.54, 1.807) is 17.5 Å². The predicted molar refractivity (Wildman–Crippen MR) is 149 cm³/mol. The molecule has 2 aromatic heterocycles. The number of nitrogens with zero attached hydrogens (tertiary/aromatic N) is 3. The monoisotopic (exact) mass is 513 g/mol. The molecule has 0 saturated carbocycles. The molecule has 0 aliphatic carbocycles. The Bertz CT molecular complexity index is 1080. The van der Waals surface area contributed by atoms with Crippen molar-refractivity contribution in [1.82, 2.24) is 15.2 Å². The number of ether oxygens (including phenoxy) is 1. The lowest BCUT2D eigenvalue weighted by Crippen LogP contribution is -2.33. The molecule has 0 spiro atoms. The van der Waals surface area contributed by atoms with Gasteiger partial charge in [0, 0.05) is 56.8 Å². The third kappa shape index (κ3) is 6.68. The number of pyridine rings is 1. The first kappa shape index (κ1) is 26.8. The topological polar surface area (TPSA) is 69.7 Å². The molecule has 0 fully saturated rings. The highest BCUT2D eigenvalue weighted by Gasteiger charge is 2.26. The minimum atomic E-state index is 0. The van der Waals surface area contributed by atoms with Crippen LogP contribution in [0.1, 0.15) is 40.2 Å². The fourth-order valence-electron chi connectivity index (χ4n) is 4.08. The van der Waals surface area contributed by atoms with Crippen LogP contribution in [0.5, 0.6) is 5.75 Å². The summed E-state index contributed by atoms with van der Waals surface area (Å²) < 4.78 is 6.31. The van der Waals surface area contributed by atoms with Gasteiger partial charge in [0.05, 0.1) is 11.3 Å². The van der Waals surface area contributed by atoms with Gasteiger partial charge in [0.25, 0.3) is 5.91 Å². The number of aromatic nitrogens is 1. The minimum Gasteiger partial charge on any atom is -0.485 e. The van der Waals surface area contributed by atoms with Crippen molar-refractivity contribution >= 4 is 42.2 Å². The number of hydrogen-bond acceptors (Lipinski definition) is 7. The summed E-state index contributed by atoms with van der Waals surface area (Å²) in [4.78, 5) is 23.0. The highest BCUT2D eigenvalue weighted by atomic mass is 32.1. The second-order valence-corrected chi connectivity index (χ2v) is 9.40. The molecule has 7 nitrogen and oxygen atoms in total.